The van der Waals surface area contributed by atoms with Crippen LogP contribution in [0.15, 0.2) is 27.7 Å². The quantitative estimate of drug-likeness (QED) is 0.739. The van der Waals surface area contributed by atoms with Crippen molar-refractivity contribution in [3.05, 3.63) is 39.1 Å². The Morgan fingerprint density at radius 2 is 2.32 bits per heavy atom. The molecule has 3 N–H and O–H groups in total. The molecule has 1 atom stereocenters. The molecular formula is C14H13N3O2S3. The minimum atomic E-state index is -0.378. The molecule has 0 fully saturated rings. The summed E-state index contributed by atoms with van der Waals surface area (Å²) in [5, 5.41) is 4.47. The van der Waals surface area contributed by atoms with Gasteiger partial charge in [-0.15, -0.1) is 34.4 Å². The highest BCUT2D eigenvalue weighted by Gasteiger charge is 2.16. The fourth-order valence-corrected chi connectivity index (χ4v) is 4.51. The molecule has 3 rings (SSSR count). The number of rotatable bonds is 5. The maximum atomic E-state index is 12.4. The molecule has 3 heterocycles. The first-order valence-electron chi connectivity index (χ1n) is 6.51. The van der Waals surface area contributed by atoms with E-state index in [-0.39, 0.29) is 22.5 Å². The van der Waals surface area contributed by atoms with Crippen molar-refractivity contribution in [1.82, 2.24) is 9.97 Å². The molecule has 0 spiro atoms. The monoisotopic (exact) mass is 351 g/mol. The Morgan fingerprint density at radius 1 is 1.50 bits per heavy atom. The van der Waals surface area contributed by atoms with Crippen molar-refractivity contribution in [3.63, 3.8) is 0 Å². The van der Waals surface area contributed by atoms with Crippen molar-refractivity contribution in [2.24, 2.45) is 5.73 Å². The van der Waals surface area contributed by atoms with Crippen LogP contribution in [-0.4, -0.2) is 21.6 Å². The zero-order valence-electron chi connectivity index (χ0n) is 11.7. The summed E-state index contributed by atoms with van der Waals surface area (Å²) >= 11 is 4.41. The van der Waals surface area contributed by atoms with Crippen LogP contribution in [0.2, 0.25) is 0 Å². The van der Waals surface area contributed by atoms with E-state index in [1.165, 1.54) is 23.1 Å². The topological polar surface area (TPSA) is 88.8 Å². The number of fused-ring (bicyclic) bond motifs is 1. The summed E-state index contributed by atoms with van der Waals surface area (Å²) in [6.45, 7) is 1.89. The number of aromatic amines is 1. The number of nitrogens with one attached hydrogen (secondary N) is 1. The molecule has 3 aromatic rings. The van der Waals surface area contributed by atoms with Crippen LogP contribution in [0.4, 0.5) is 0 Å². The number of aromatic nitrogens is 2. The van der Waals surface area contributed by atoms with Gasteiger partial charge in [-0.05, 0) is 18.4 Å². The van der Waals surface area contributed by atoms with Crippen LogP contribution in [-0.2, 0) is 4.79 Å². The highest BCUT2D eigenvalue weighted by atomic mass is 32.2. The zero-order chi connectivity index (χ0) is 15.7. The number of amides is 1. The van der Waals surface area contributed by atoms with E-state index >= 15 is 0 Å². The number of nitrogens with two attached hydrogens (primary N) is 1. The second kappa shape index (κ2) is 6.23. The standard InChI is InChI=1S/C14H13N3O2S3/c1-7(21-6-10(15)18)12-16-13(19)11-8(5-22-14(11)17-12)9-3-2-4-20-9/h2-5,7H,6H2,1H3,(H2,15,18)(H,16,17,19)/t7-/m0/s1. The predicted molar refractivity (Wildman–Crippen MR) is 93.6 cm³/mol. The predicted octanol–water partition coefficient (Wildman–Crippen LogP) is 2.99. The summed E-state index contributed by atoms with van der Waals surface area (Å²) in [5.41, 5.74) is 5.93. The molecule has 8 heteroatoms. The first-order valence-corrected chi connectivity index (χ1v) is 9.32. The number of thioether (sulfide) groups is 1. The van der Waals surface area contributed by atoms with Gasteiger partial charge in [0.2, 0.25) is 5.91 Å². The van der Waals surface area contributed by atoms with Crippen LogP contribution in [0, 0.1) is 0 Å². The molecular weight excluding hydrogens is 338 g/mol. The molecule has 5 nitrogen and oxygen atoms in total. The van der Waals surface area contributed by atoms with Crippen LogP contribution in [0.5, 0.6) is 0 Å². The SMILES string of the molecule is C[C@H](SCC(N)=O)c1nc2scc(-c3cccs3)c2c(=O)[nH]1. The van der Waals surface area contributed by atoms with Gasteiger partial charge >= 0.3 is 0 Å². The molecule has 0 aliphatic carbocycles. The molecule has 0 bridgehead atoms. The molecule has 3 aromatic heterocycles. The second-order valence-electron chi connectivity index (χ2n) is 4.68. The van der Waals surface area contributed by atoms with Gasteiger partial charge in [0.15, 0.2) is 0 Å². The van der Waals surface area contributed by atoms with Gasteiger partial charge in [0.05, 0.1) is 16.4 Å². The lowest BCUT2D eigenvalue weighted by molar-refractivity contribution is -0.115. The normalized spacial score (nSPS) is 12.6. The first-order chi connectivity index (χ1) is 10.6. The average molecular weight is 351 g/mol. The Hall–Kier alpha value is -1.64. The van der Waals surface area contributed by atoms with E-state index in [0.29, 0.717) is 16.0 Å². The third-order valence-corrected chi connectivity index (χ3v) is 6.06. The van der Waals surface area contributed by atoms with E-state index in [4.69, 9.17) is 5.73 Å². The zero-order valence-corrected chi connectivity index (χ0v) is 14.1. The number of hydrogen-bond acceptors (Lipinski definition) is 6. The molecule has 114 valence electrons. The Morgan fingerprint density at radius 3 is 3.00 bits per heavy atom. The third kappa shape index (κ3) is 2.94. The van der Waals surface area contributed by atoms with Gasteiger partial charge in [-0.3, -0.25) is 9.59 Å². The number of carbonyl (C=O) groups excluding carboxylic acids is 1. The number of hydrogen-bond donors (Lipinski definition) is 2. The number of primary amides is 1. The minimum absolute atomic E-state index is 0.100. The van der Waals surface area contributed by atoms with Gasteiger partial charge in [0.25, 0.3) is 5.56 Å². The number of H-pyrrole nitrogens is 1. The minimum Gasteiger partial charge on any atom is -0.369 e. The van der Waals surface area contributed by atoms with Crippen molar-refractivity contribution in [2.45, 2.75) is 12.2 Å². The third-order valence-electron chi connectivity index (χ3n) is 3.11. The first kappa shape index (κ1) is 15.3. The molecule has 0 radical (unpaired) electrons. The maximum Gasteiger partial charge on any atom is 0.260 e. The van der Waals surface area contributed by atoms with E-state index in [1.54, 1.807) is 11.3 Å². The van der Waals surface area contributed by atoms with Gasteiger partial charge < -0.3 is 10.7 Å². The summed E-state index contributed by atoms with van der Waals surface area (Å²) in [5.74, 6) is 0.396. The Bertz CT molecular complexity index is 867. The highest BCUT2D eigenvalue weighted by Crippen LogP contribution is 2.34. The summed E-state index contributed by atoms with van der Waals surface area (Å²) in [4.78, 5) is 32.4. The summed E-state index contributed by atoms with van der Waals surface area (Å²) in [6.07, 6.45) is 0. The lowest BCUT2D eigenvalue weighted by atomic mass is 10.2. The molecule has 0 saturated carbocycles. The van der Waals surface area contributed by atoms with Crippen LogP contribution in [0.3, 0.4) is 0 Å². The highest BCUT2D eigenvalue weighted by molar-refractivity contribution is 8.00. The Kier molecular flexibility index (Phi) is 4.32. The largest absolute Gasteiger partial charge is 0.369 e. The smallest absolute Gasteiger partial charge is 0.260 e. The van der Waals surface area contributed by atoms with Gasteiger partial charge in [0, 0.05) is 15.8 Å². The summed E-state index contributed by atoms with van der Waals surface area (Å²) in [7, 11) is 0. The van der Waals surface area contributed by atoms with E-state index in [9.17, 15) is 9.59 Å². The van der Waals surface area contributed by atoms with Crippen LogP contribution in [0.1, 0.15) is 18.0 Å². The maximum absolute atomic E-state index is 12.4. The number of thiophene rings is 2. The van der Waals surface area contributed by atoms with Crippen molar-refractivity contribution >= 4 is 50.6 Å². The summed E-state index contributed by atoms with van der Waals surface area (Å²) < 4.78 is 0. The van der Waals surface area contributed by atoms with E-state index in [2.05, 4.69) is 9.97 Å². The molecule has 0 unspecified atom stereocenters. The van der Waals surface area contributed by atoms with Crippen LogP contribution in [0.25, 0.3) is 20.7 Å². The summed E-state index contributed by atoms with van der Waals surface area (Å²) in [6, 6.07) is 3.95. The molecule has 0 aromatic carbocycles. The van der Waals surface area contributed by atoms with Gasteiger partial charge in [-0.2, -0.15) is 0 Å². The second-order valence-corrected chi connectivity index (χ2v) is 7.81. The average Bonchev–Trinajstić information content (AvgIpc) is 3.12. The van der Waals surface area contributed by atoms with E-state index in [1.807, 2.05) is 29.8 Å². The van der Waals surface area contributed by atoms with E-state index in [0.717, 1.165) is 10.4 Å². The Balaban J connectivity index is 2.00. The van der Waals surface area contributed by atoms with Crippen molar-refractivity contribution in [3.8, 4) is 10.4 Å². The molecule has 1 amide bonds. The van der Waals surface area contributed by atoms with Crippen molar-refractivity contribution in [1.29, 1.82) is 0 Å². The fourth-order valence-electron chi connectivity index (χ4n) is 2.06. The van der Waals surface area contributed by atoms with Gasteiger partial charge in [-0.25, -0.2) is 4.98 Å². The Labute approximate surface area is 138 Å². The number of nitrogens with zero attached hydrogens (tertiary/aromatic N) is 1. The molecule has 22 heavy (non-hydrogen) atoms. The van der Waals surface area contributed by atoms with Gasteiger partial charge in [0.1, 0.15) is 10.7 Å². The molecule has 0 saturated heterocycles. The van der Waals surface area contributed by atoms with Crippen LogP contribution >= 0.6 is 34.4 Å². The lowest BCUT2D eigenvalue weighted by Crippen LogP contribution is -2.16. The van der Waals surface area contributed by atoms with E-state index < -0.39 is 0 Å². The molecule has 0 aliphatic rings. The molecule has 0 aliphatic heterocycles. The van der Waals surface area contributed by atoms with Crippen molar-refractivity contribution < 1.29 is 4.79 Å². The lowest BCUT2D eigenvalue weighted by Gasteiger charge is -2.09. The van der Waals surface area contributed by atoms with Crippen molar-refractivity contribution in [2.75, 3.05) is 5.75 Å². The van der Waals surface area contributed by atoms with Gasteiger partial charge in [-0.1, -0.05) is 6.07 Å². The van der Waals surface area contributed by atoms with Crippen LogP contribution < -0.4 is 11.3 Å². The number of carbonyl (C=O) groups is 1. The fraction of sp³-hybridized carbons (Fsp3) is 0.214.